The Bertz CT molecular complexity index is 79.7. The summed E-state index contributed by atoms with van der Waals surface area (Å²) in [4.78, 5) is 0. The van der Waals surface area contributed by atoms with E-state index in [0.29, 0.717) is 0 Å². The molecule has 0 aromatic heterocycles. The van der Waals surface area contributed by atoms with Crippen LogP contribution in [0.4, 0.5) is 0 Å². The first kappa shape index (κ1) is 18.5. The Balaban J connectivity index is 0. The zero-order chi connectivity index (χ0) is 11.8. The standard InChI is InChI=1S/C12H26.Al.2ClH.H/c1-3-5-7-9-11-12-10-8-6-4-2;;;;/h3-12H2,1-2H3;;2*1H;/q;+2;;;/p-2. The van der Waals surface area contributed by atoms with E-state index in [1.54, 1.807) is 0 Å². The van der Waals surface area contributed by atoms with Crippen molar-refractivity contribution in [1.82, 2.24) is 0 Å². The monoisotopic (exact) mass is 268 g/mol. The molecule has 0 saturated heterocycles. The number of rotatable bonds is 9. The van der Waals surface area contributed by atoms with Gasteiger partial charge in [-0.2, -0.15) is 0 Å². The Morgan fingerprint density at radius 1 is 0.600 bits per heavy atom. The quantitative estimate of drug-likeness (QED) is 0.374. The third-order valence-electron chi connectivity index (χ3n) is 2.46. The molecule has 0 aliphatic carbocycles. The van der Waals surface area contributed by atoms with Crippen LogP contribution < -0.4 is 0 Å². The normalized spacial score (nSPS) is 9.33. The van der Waals surface area contributed by atoms with E-state index in [1.807, 2.05) is 0 Å². The molecule has 0 rings (SSSR count). The fourth-order valence-electron chi connectivity index (χ4n) is 1.56. The van der Waals surface area contributed by atoms with Crippen molar-refractivity contribution in [2.75, 3.05) is 0 Å². The highest BCUT2D eigenvalue weighted by Gasteiger charge is 1.90. The Kier molecular flexibility index (Phi) is 25.3. The van der Waals surface area contributed by atoms with Gasteiger partial charge in [0.25, 0.3) is 0 Å². The summed E-state index contributed by atoms with van der Waals surface area (Å²) in [7, 11) is 9.81. The van der Waals surface area contributed by atoms with Crippen LogP contribution in [0, 0.1) is 0 Å². The maximum Gasteiger partial charge on any atom is 0.499 e. The maximum atomic E-state index is 4.90. The molecule has 0 bridgehead atoms. The first-order valence-corrected chi connectivity index (χ1v) is 10.7. The summed E-state index contributed by atoms with van der Waals surface area (Å²) in [6.45, 7) is 4.56. The van der Waals surface area contributed by atoms with E-state index in [0.717, 1.165) is 0 Å². The maximum absolute atomic E-state index is 4.90. The molecule has 0 aliphatic rings. The Hall–Kier alpha value is 1.11. The SMILES string of the molecule is CCCCCCCCCCCC.[Cl][AlH][Cl]. The highest BCUT2D eigenvalue weighted by molar-refractivity contribution is 7.22. The smallest absolute Gasteiger partial charge is 0.240 e. The lowest BCUT2D eigenvalue weighted by Crippen LogP contribution is -1.80. The minimum absolute atomic E-state index is 0.639. The van der Waals surface area contributed by atoms with E-state index in [9.17, 15) is 0 Å². The second kappa shape index (κ2) is 20.5. The van der Waals surface area contributed by atoms with Gasteiger partial charge in [-0.05, 0) is 0 Å². The van der Waals surface area contributed by atoms with Gasteiger partial charge in [0.05, 0.1) is 0 Å². The van der Waals surface area contributed by atoms with Gasteiger partial charge in [-0.1, -0.05) is 78.1 Å². The number of halogens is 2. The van der Waals surface area contributed by atoms with Crippen molar-refractivity contribution in [3.05, 3.63) is 0 Å². The van der Waals surface area contributed by atoms with Gasteiger partial charge in [0.2, 0.25) is 0 Å². The first-order valence-electron chi connectivity index (χ1n) is 6.45. The molecule has 0 unspecified atom stereocenters. The molecule has 0 fully saturated rings. The van der Waals surface area contributed by atoms with E-state index in [-0.39, 0.29) is 0 Å². The zero-order valence-corrected chi connectivity index (χ0v) is 13.5. The fourth-order valence-corrected chi connectivity index (χ4v) is 1.56. The van der Waals surface area contributed by atoms with Crippen LogP contribution in [0.2, 0.25) is 0 Å². The van der Waals surface area contributed by atoms with Crippen LogP contribution in [0.25, 0.3) is 0 Å². The first-order chi connectivity index (χ1) is 7.33. The van der Waals surface area contributed by atoms with Gasteiger partial charge in [0.15, 0.2) is 0 Å². The molecule has 0 radical (unpaired) electrons. The van der Waals surface area contributed by atoms with Crippen LogP contribution in [-0.4, -0.2) is 13.4 Å². The lowest BCUT2D eigenvalue weighted by atomic mass is 10.1. The van der Waals surface area contributed by atoms with E-state index in [2.05, 4.69) is 13.8 Å². The number of unbranched alkanes of at least 4 members (excludes halogenated alkanes) is 9. The third-order valence-corrected chi connectivity index (χ3v) is 2.46. The van der Waals surface area contributed by atoms with Crippen molar-refractivity contribution in [1.29, 1.82) is 0 Å². The highest BCUT2D eigenvalue weighted by Crippen LogP contribution is 2.09. The van der Waals surface area contributed by atoms with E-state index >= 15 is 0 Å². The van der Waals surface area contributed by atoms with Gasteiger partial charge in [-0.15, -0.1) is 0 Å². The van der Waals surface area contributed by atoms with Gasteiger partial charge < -0.3 is 0 Å². The second-order valence-corrected chi connectivity index (χ2v) is 6.56. The molecule has 0 spiro atoms. The molecular weight excluding hydrogens is 242 g/mol. The minimum Gasteiger partial charge on any atom is -0.240 e. The third kappa shape index (κ3) is 25.4. The van der Waals surface area contributed by atoms with E-state index < -0.39 is 13.4 Å². The van der Waals surface area contributed by atoms with Gasteiger partial charge in [0, 0.05) is 0 Å². The van der Waals surface area contributed by atoms with Crippen LogP contribution >= 0.6 is 20.1 Å². The molecule has 0 N–H and O–H groups in total. The van der Waals surface area contributed by atoms with E-state index in [4.69, 9.17) is 20.1 Å². The predicted molar refractivity (Wildman–Crippen MR) is 76.4 cm³/mol. The van der Waals surface area contributed by atoms with Crippen LogP contribution in [0.3, 0.4) is 0 Å². The summed E-state index contributed by atoms with van der Waals surface area (Å²) < 4.78 is 0. The summed E-state index contributed by atoms with van der Waals surface area (Å²) in [5.74, 6) is 0. The average Bonchev–Trinajstić information content (AvgIpc) is 2.23. The molecule has 15 heavy (non-hydrogen) atoms. The van der Waals surface area contributed by atoms with Crippen LogP contribution in [-0.2, 0) is 0 Å². The topological polar surface area (TPSA) is 0 Å². The molecule has 0 aromatic carbocycles. The number of hydrogen-bond acceptors (Lipinski definition) is 0. The Morgan fingerprint density at radius 3 is 1.00 bits per heavy atom. The van der Waals surface area contributed by atoms with Crippen molar-refractivity contribution in [3.63, 3.8) is 0 Å². The molecule has 0 nitrogen and oxygen atoms in total. The number of hydrogen-bond donors (Lipinski definition) is 0. The van der Waals surface area contributed by atoms with Gasteiger partial charge in [-0.25, -0.2) is 20.1 Å². The largest absolute Gasteiger partial charge is 0.499 e. The Labute approximate surface area is 111 Å². The summed E-state index contributed by atoms with van der Waals surface area (Å²) in [5, 5.41) is 0. The van der Waals surface area contributed by atoms with E-state index in [1.165, 1.54) is 64.2 Å². The van der Waals surface area contributed by atoms with Crippen molar-refractivity contribution in [3.8, 4) is 0 Å². The van der Waals surface area contributed by atoms with Crippen molar-refractivity contribution in [2.24, 2.45) is 0 Å². The van der Waals surface area contributed by atoms with Crippen LogP contribution in [0.15, 0.2) is 0 Å². The minimum atomic E-state index is -0.639. The molecule has 92 valence electrons. The van der Waals surface area contributed by atoms with Crippen molar-refractivity contribution < 1.29 is 0 Å². The summed E-state index contributed by atoms with van der Waals surface area (Å²) in [6, 6.07) is 0. The average molecular weight is 269 g/mol. The molecule has 0 amide bonds. The van der Waals surface area contributed by atoms with Crippen LogP contribution in [0.5, 0.6) is 0 Å². The molecule has 0 aliphatic heterocycles. The lowest BCUT2D eigenvalue weighted by Gasteiger charge is -1.99. The van der Waals surface area contributed by atoms with Crippen molar-refractivity contribution in [2.45, 2.75) is 78.1 Å². The molecular formula is C12H27AlCl2. The summed E-state index contributed by atoms with van der Waals surface area (Å²) >= 11 is -0.639. The van der Waals surface area contributed by atoms with Crippen LogP contribution in [0.1, 0.15) is 78.1 Å². The van der Waals surface area contributed by atoms with Gasteiger partial charge in [-0.3, -0.25) is 0 Å². The predicted octanol–water partition coefficient (Wildman–Crippen LogP) is 5.66. The summed E-state index contributed by atoms with van der Waals surface area (Å²) in [5.41, 5.74) is 0. The Morgan fingerprint density at radius 2 is 0.800 bits per heavy atom. The van der Waals surface area contributed by atoms with Crippen molar-refractivity contribution >= 4 is 33.5 Å². The molecule has 0 saturated carbocycles. The fraction of sp³-hybridized carbons (Fsp3) is 1.00. The molecule has 3 heteroatoms. The zero-order valence-electron chi connectivity index (χ0n) is 10.5. The van der Waals surface area contributed by atoms with Gasteiger partial charge in [0.1, 0.15) is 0 Å². The molecule has 0 heterocycles. The lowest BCUT2D eigenvalue weighted by molar-refractivity contribution is 0.562. The highest BCUT2D eigenvalue weighted by atomic mass is 35.7. The summed E-state index contributed by atoms with van der Waals surface area (Å²) in [6.07, 6.45) is 14.4. The molecule has 0 aromatic rings. The van der Waals surface area contributed by atoms with Gasteiger partial charge >= 0.3 is 13.4 Å². The molecule has 0 atom stereocenters. The second-order valence-electron chi connectivity index (χ2n) is 3.93.